The third-order valence-corrected chi connectivity index (χ3v) is 3.60. The predicted octanol–water partition coefficient (Wildman–Crippen LogP) is 3.75. The largest absolute Gasteiger partial charge is 0.366 e. The van der Waals surface area contributed by atoms with Crippen LogP contribution in [0.2, 0.25) is 0 Å². The maximum atomic E-state index is 10.9. The standard InChI is InChI=1S/C18H16N4O2/c1-2-9-21(13-15-5-3-14(11-19)4-6-15)18-8-7-17(22(23)24)10-16(18)12-20/h3-8,10H,2,9,13H2,1H3. The zero-order valence-corrected chi connectivity index (χ0v) is 13.3. The molecule has 2 aromatic rings. The molecule has 0 unspecified atom stereocenters. The quantitative estimate of drug-likeness (QED) is 0.596. The van der Waals surface area contributed by atoms with Crippen LogP contribution in [0.25, 0.3) is 0 Å². The molecule has 24 heavy (non-hydrogen) atoms. The van der Waals surface area contributed by atoms with Gasteiger partial charge in [0.2, 0.25) is 0 Å². The Balaban J connectivity index is 2.34. The lowest BCUT2D eigenvalue weighted by atomic mass is 10.1. The molecule has 0 aliphatic rings. The molecular weight excluding hydrogens is 304 g/mol. The Morgan fingerprint density at radius 3 is 2.38 bits per heavy atom. The van der Waals surface area contributed by atoms with Crippen LogP contribution in [0.5, 0.6) is 0 Å². The zero-order chi connectivity index (χ0) is 17.5. The first-order valence-corrected chi connectivity index (χ1v) is 7.51. The summed E-state index contributed by atoms with van der Waals surface area (Å²) in [6.45, 7) is 3.31. The summed E-state index contributed by atoms with van der Waals surface area (Å²) in [5.74, 6) is 0. The number of anilines is 1. The lowest BCUT2D eigenvalue weighted by molar-refractivity contribution is -0.384. The molecule has 6 nitrogen and oxygen atoms in total. The minimum Gasteiger partial charge on any atom is -0.366 e. The highest BCUT2D eigenvalue weighted by Gasteiger charge is 2.15. The second-order valence-corrected chi connectivity index (χ2v) is 5.30. The van der Waals surface area contributed by atoms with Crippen LogP contribution < -0.4 is 4.90 Å². The van der Waals surface area contributed by atoms with Crippen LogP contribution in [0.4, 0.5) is 11.4 Å². The van der Waals surface area contributed by atoms with Crippen LogP contribution in [0.1, 0.15) is 30.0 Å². The fourth-order valence-electron chi connectivity index (χ4n) is 2.46. The zero-order valence-electron chi connectivity index (χ0n) is 13.3. The molecule has 0 heterocycles. The Hall–Kier alpha value is -3.38. The number of non-ortho nitro benzene ring substituents is 1. The third kappa shape index (κ3) is 3.88. The van der Waals surface area contributed by atoms with Gasteiger partial charge >= 0.3 is 0 Å². The van der Waals surface area contributed by atoms with Crippen molar-refractivity contribution in [1.29, 1.82) is 10.5 Å². The fourth-order valence-corrected chi connectivity index (χ4v) is 2.46. The SMILES string of the molecule is CCCN(Cc1ccc(C#N)cc1)c1ccc([N+](=O)[O-])cc1C#N. The van der Waals surface area contributed by atoms with Crippen LogP contribution in [-0.2, 0) is 6.54 Å². The highest BCUT2D eigenvalue weighted by Crippen LogP contribution is 2.26. The molecule has 0 saturated carbocycles. The van der Waals surface area contributed by atoms with Gasteiger partial charge in [0.1, 0.15) is 6.07 Å². The molecule has 0 spiro atoms. The predicted molar refractivity (Wildman–Crippen MR) is 90.3 cm³/mol. The number of hydrogen-bond donors (Lipinski definition) is 0. The number of hydrogen-bond acceptors (Lipinski definition) is 5. The Labute approximate surface area is 140 Å². The molecule has 0 fully saturated rings. The number of nitro groups is 1. The number of nitrogens with zero attached hydrogens (tertiary/aromatic N) is 4. The van der Waals surface area contributed by atoms with Crippen molar-refractivity contribution in [3.8, 4) is 12.1 Å². The molecule has 2 aromatic carbocycles. The number of nitro benzene ring substituents is 1. The molecule has 0 N–H and O–H groups in total. The van der Waals surface area contributed by atoms with E-state index in [0.29, 0.717) is 24.3 Å². The van der Waals surface area contributed by atoms with E-state index in [9.17, 15) is 15.4 Å². The van der Waals surface area contributed by atoms with Gasteiger partial charge in [0.25, 0.3) is 5.69 Å². The van der Waals surface area contributed by atoms with Crippen LogP contribution in [-0.4, -0.2) is 11.5 Å². The topological polar surface area (TPSA) is 94.0 Å². The molecule has 0 aliphatic carbocycles. The van der Waals surface area contributed by atoms with Gasteiger partial charge in [0, 0.05) is 25.2 Å². The maximum absolute atomic E-state index is 10.9. The highest BCUT2D eigenvalue weighted by atomic mass is 16.6. The van der Waals surface area contributed by atoms with Crippen molar-refractivity contribution in [2.24, 2.45) is 0 Å². The van der Waals surface area contributed by atoms with Crippen molar-refractivity contribution in [3.05, 3.63) is 69.3 Å². The average Bonchev–Trinajstić information content (AvgIpc) is 2.61. The van der Waals surface area contributed by atoms with E-state index in [2.05, 4.69) is 6.07 Å². The van der Waals surface area contributed by atoms with Crippen molar-refractivity contribution >= 4 is 11.4 Å². The van der Waals surface area contributed by atoms with Crippen molar-refractivity contribution in [3.63, 3.8) is 0 Å². The molecule has 0 amide bonds. The highest BCUT2D eigenvalue weighted by molar-refractivity contribution is 5.63. The molecule has 6 heteroatoms. The van der Waals surface area contributed by atoms with Gasteiger partial charge < -0.3 is 4.90 Å². The van der Waals surface area contributed by atoms with Gasteiger partial charge in [-0.25, -0.2) is 0 Å². The molecule has 2 rings (SSSR count). The Kier molecular flexibility index (Phi) is 5.49. The molecule has 0 aliphatic heterocycles. The van der Waals surface area contributed by atoms with E-state index in [4.69, 9.17) is 5.26 Å². The second-order valence-electron chi connectivity index (χ2n) is 5.30. The molecule has 0 radical (unpaired) electrons. The maximum Gasteiger partial charge on any atom is 0.270 e. The fraction of sp³-hybridized carbons (Fsp3) is 0.222. The summed E-state index contributed by atoms with van der Waals surface area (Å²) in [5, 5.41) is 29.1. The summed E-state index contributed by atoms with van der Waals surface area (Å²) in [5.41, 5.74) is 2.46. The van der Waals surface area contributed by atoms with Crippen molar-refractivity contribution in [2.75, 3.05) is 11.4 Å². The second kappa shape index (κ2) is 7.75. The van der Waals surface area contributed by atoms with Gasteiger partial charge in [-0.05, 0) is 30.2 Å². The Bertz CT molecular complexity index is 816. The van der Waals surface area contributed by atoms with E-state index >= 15 is 0 Å². The number of nitriles is 2. The van der Waals surface area contributed by atoms with E-state index in [1.807, 2.05) is 30.0 Å². The smallest absolute Gasteiger partial charge is 0.270 e. The minimum absolute atomic E-state index is 0.0925. The van der Waals surface area contributed by atoms with Crippen LogP contribution >= 0.6 is 0 Å². The van der Waals surface area contributed by atoms with E-state index in [0.717, 1.165) is 12.0 Å². The van der Waals surface area contributed by atoms with Gasteiger partial charge in [-0.3, -0.25) is 10.1 Å². The van der Waals surface area contributed by atoms with Crippen molar-refractivity contribution in [2.45, 2.75) is 19.9 Å². The summed E-state index contributed by atoms with van der Waals surface area (Å²) < 4.78 is 0. The van der Waals surface area contributed by atoms with Gasteiger partial charge in [-0.1, -0.05) is 19.1 Å². The molecule has 120 valence electrons. The first-order valence-electron chi connectivity index (χ1n) is 7.51. The van der Waals surface area contributed by atoms with Gasteiger partial charge in [0.05, 0.1) is 27.8 Å². The van der Waals surface area contributed by atoms with Crippen LogP contribution in [0.3, 0.4) is 0 Å². The van der Waals surface area contributed by atoms with Crippen LogP contribution in [0, 0.1) is 32.8 Å². The lowest BCUT2D eigenvalue weighted by Crippen LogP contribution is -2.24. The average molecular weight is 320 g/mol. The molecule has 0 atom stereocenters. The molecular formula is C18H16N4O2. The summed E-state index contributed by atoms with van der Waals surface area (Å²) in [6, 6.07) is 15.7. The summed E-state index contributed by atoms with van der Waals surface area (Å²) in [6.07, 6.45) is 0.873. The Morgan fingerprint density at radius 1 is 1.12 bits per heavy atom. The Morgan fingerprint density at radius 2 is 1.83 bits per heavy atom. The van der Waals surface area contributed by atoms with Gasteiger partial charge in [-0.2, -0.15) is 10.5 Å². The number of rotatable bonds is 6. The van der Waals surface area contributed by atoms with Gasteiger partial charge in [0.15, 0.2) is 0 Å². The minimum atomic E-state index is -0.505. The monoisotopic (exact) mass is 320 g/mol. The van der Waals surface area contributed by atoms with Gasteiger partial charge in [-0.15, -0.1) is 0 Å². The first kappa shape index (κ1) is 17.0. The van der Waals surface area contributed by atoms with E-state index < -0.39 is 4.92 Å². The molecule has 0 aromatic heterocycles. The number of benzene rings is 2. The summed E-state index contributed by atoms with van der Waals surface area (Å²) in [4.78, 5) is 12.4. The van der Waals surface area contributed by atoms with E-state index in [-0.39, 0.29) is 11.3 Å². The van der Waals surface area contributed by atoms with E-state index in [1.54, 1.807) is 18.2 Å². The summed E-state index contributed by atoms with van der Waals surface area (Å²) in [7, 11) is 0. The van der Waals surface area contributed by atoms with Crippen molar-refractivity contribution in [1.82, 2.24) is 0 Å². The van der Waals surface area contributed by atoms with Crippen LogP contribution in [0.15, 0.2) is 42.5 Å². The molecule has 0 saturated heterocycles. The normalized spacial score (nSPS) is 9.79. The first-order chi connectivity index (χ1) is 11.6. The lowest BCUT2D eigenvalue weighted by Gasteiger charge is -2.25. The third-order valence-electron chi connectivity index (χ3n) is 3.60. The van der Waals surface area contributed by atoms with E-state index in [1.165, 1.54) is 12.1 Å². The molecule has 0 bridgehead atoms. The summed E-state index contributed by atoms with van der Waals surface area (Å²) >= 11 is 0. The van der Waals surface area contributed by atoms with Crippen molar-refractivity contribution < 1.29 is 4.92 Å².